The maximum Gasteiger partial charge on any atom is 0.362 e. The van der Waals surface area contributed by atoms with E-state index in [0.717, 1.165) is 11.3 Å². The summed E-state index contributed by atoms with van der Waals surface area (Å²) in [6.07, 6.45) is 3.52. The van der Waals surface area contributed by atoms with Crippen LogP contribution in [-0.4, -0.2) is 42.8 Å². The van der Waals surface area contributed by atoms with E-state index >= 15 is 0 Å². The second-order valence-electron chi connectivity index (χ2n) is 5.27. The van der Waals surface area contributed by atoms with Crippen molar-refractivity contribution < 1.29 is 9.72 Å². The van der Waals surface area contributed by atoms with E-state index in [2.05, 4.69) is 15.3 Å². The summed E-state index contributed by atoms with van der Waals surface area (Å²) in [5.41, 5.74) is 1.60. The zero-order valence-corrected chi connectivity index (χ0v) is 13.8. The van der Waals surface area contributed by atoms with Crippen LogP contribution in [0.5, 0.6) is 0 Å². The lowest BCUT2D eigenvalue weighted by Gasteiger charge is -2.16. The lowest BCUT2D eigenvalue weighted by atomic mass is 10.2. The van der Waals surface area contributed by atoms with E-state index in [9.17, 15) is 14.9 Å². The quantitative estimate of drug-likeness (QED) is 0.555. The maximum absolute atomic E-state index is 12.4. The Hall–Kier alpha value is -3.20. The van der Waals surface area contributed by atoms with E-state index in [1.54, 1.807) is 17.9 Å². The monoisotopic (exact) mass is 360 g/mol. The van der Waals surface area contributed by atoms with Gasteiger partial charge in [0.05, 0.1) is 5.69 Å². The fourth-order valence-corrected chi connectivity index (χ4v) is 2.52. The molecule has 1 aromatic carbocycles. The molecule has 0 aliphatic rings. The minimum atomic E-state index is -0.722. The average Bonchev–Trinajstić information content (AvgIpc) is 3.24. The molecule has 2 aromatic heterocycles. The van der Waals surface area contributed by atoms with Crippen molar-refractivity contribution in [2.75, 3.05) is 7.05 Å². The van der Waals surface area contributed by atoms with Gasteiger partial charge in [-0.05, 0) is 28.7 Å². The Morgan fingerprint density at radius 3 is 2.68 bits per heavy atom. The molecule has 2 heterocycles. The van der Waals surface area contributed by atoms with Crippen LogP contribution >= 0.6 is 11.6 Å². The lowest BCUT2D eigenvalue weighted by Crippen LogP contribution is -2.26. The summed E-state index contributed by atoms with van der Waals surface area (Å²) in [6, 6.07) is 9.33. The molecule has 0 aliphatic carbocycles. The number of halogens is 1. The summed E-state index contributed by atoms with van der Waals surface area (Å²) in [5, 5.41) is 20.4. The van der Waals surface area contributed by atoms with Crippen molar-refractivity contribution >= 4 is 23.3 Å². The van der Waals surface area contributed by atoms with Gasteiger partial charge in [0.2, 0.25) is 0 Å². The van der Waals surface area contributed by atoms with Gasteiger partial charge in [0.1, 0.15) is 0 Å². The molecule has 128 valence electrons. The van der Waals surface area contributed by atoms with Crippen LogP contribution in [0.3, 0.4) is 0 Å². The van der Waals surface area contributed by atoms with Gasteiger partial charge in [-0.1, -0.05) is 28.8 Å². The van der Waals surface area contributed by atoms with Crippen molar-refractivity contribution in [3.05, 3.63) is 69.1 Å². The van der Waals surface area contributed by atoms with E-state index in [-0.39, 0.29) is 10.7 Å². The minimum Gasteiger partial charge on any atom is -0.358 e. The van der Waals surface area contributed by atoms with Crippen LogP contribution in [0, 0.1) is 10.1 Å². The number of aromatic amines is 1. The molecule has 0 saturated heterocycles. The Morgan fingerprint density at radius 2 is 2.12 bits per heavy atom. The Bertz CT molecular complexity index is 904. The molecule has 0 saturated carbocycles. The van der Waals surface area contributed by atoms with E-state index in [1.165, 1.54) is 4.90 Å². The molecule has 0 atom stereocenters. The predicted octanol–water partition coefficient (Wildman–Crippen LogP) is 2.43. The van der Waals surface area contributed by atoms with Gasteiger partial charge in [0.25, 0.3) is 5.91 Å². The first-order valence-electron chi connectivity index (χ1n) is 7.20. The summed E-state index contributed by atoms with van der Waals surface area (Å²) in [6.45, 7) is 0.301. The van der Waals surface area contributed by atoms with E-state index in [1.807, 2.05) is 36.5 Å². The molecule has 10 heteroatoms. The normalized spacial score (nSPS) is 10.6. The highest BCUT2D eigenvalue weighted by Gasteiger charge is 2.27. The van der Waals surface area contributed by atoms with Crippen molar-refractivity contribution in [1.29, 1.82) is 0 Å². The number of nitrogens with one attached hydrogen (secondary N) is 1. The summed E-state index contributed by atoms with van der Waals surface area (Å²) in [5.74, 6) is -1.01. The molecule has 3 aromatic rings. The number of nitro groups is 1. The van der Waals surface area contributed by atoms with Crippen molar-refractivity contribution in [1.82, 2.24) is 24.9 Å². The summed E-state index contributed by atoms with van der Waals surface area (Å²) >= 11 is 5.85. The number of aromatic nitrogens is 4. The number of hydrogen-bond donors (Lipinski definition) is 1. The number of rotatable bonds is 5. The third-order valence-electron chi connectivity index (χ3n) is 3.55. The lowest BCUT2D eigenvalue weighted by molar-refractivity contribution is -0.389. The van der Waals surface area contributed by atoms with Crippen LogP contribution in [-0.2, 0) is 6.54 Å². The number of amides is 1. The van der Waals surface area contributed by atoms with Gasteiger partial charge < -0.3 is 15.0 Å². The summed E-state index contributed by atoms with van der Waals surface area (Å²) < 4.78 is 1.72. The molecule has 0 fully saturated rings. The standard InChI is InChI=1S/C15H13ClN6O3/c1-20(15(23)13-12(16)14(19-18-13)22(24)25)9-10-3-5-11(6-4-10)21-8-2-7-17-21/h2-8H,9H2,1H3,(H,18,19). The SMILES string of the molecule is CN(Cc1ccc(-n2cccn2)cc1)C(=O)c1n[nH]c([N+](=O)[O-])c1Cl. The van der Waals surface area contributed by atoms with Crippen LogP contribution < -0.4 is 0 Å². The Labute approximate surface area is 147 Å². The Morgan fingerprint density at radius 1 is 1.40 bits per heavy atom. The predicted molar refractivity (Wildman–Crippen MR) is 89.6 cm³/mol. The number of carbonyl (C=O) groups excluding carboxylic acids is 1. The van der Waals surface area contributed by atoms with Crippen molar-refractivity contribution in [2.24, 2.45) is 0 Å². The van der Waals surface area contributed by atoms with E-state index < -0.39 is 16.6 Å². The smallest absolute Gasteiger partial charge is 0.358 e. The van der Waals surface area contributed by atoms with Gasteiger partial charge in [-0.15, -0.1) is 5.10 Å². The molecular formula is C15H13ClN6O3. The number of benzene rings is 1. The summed E-state index contributed by atoms with van der Waals surface area (Å²) in [7, 11) is 1.57. The van der Waals surface area contributed by atoms with Crippen LogP contribution in [0.2, 0.25) is 5.02 Å². The molecule has 1 amide bonds. The molecule has 0 unspecified atom stereocenters. The Kier molecular flexibility index (Phi) is 4.48. The molecule has 25 heavy (non-hydrogen) atoms. The second kappa shape index (κ2) is 6.73. The molecule has 0 aliphatic heterocycles. The number of nitrogens with zero attached hydrogens (tertiary/aromatic N) is 5. The van der Waals surface area contributed by atoms with Crippen LogP contribution in [0.1, 0.15) is 16.1 Å². The largest absolute Gasteiger partial charge is 0.362 e. The fourth-order valence-electron chi connectivity index (χ4n) is 2.28. The molecule has 0 bridgehead atoms. The minimum absolute atomic E-state index is 0.177. The topological polar surface area (TPSA) is 110 Å². The van der Waals surface area contributed by atoms with Crippen molar-refractivity contribution in [2.45, 2.75) is 6.54 Å². The molecule has 9 nitrogen and oxygen atoms in total. The summed E-state index contributed by atoms with van der Waals surface area (Å²) in [4.78, 5) is 23.8. The van der Waals surface area contributed by atoms with Crippen LogP contribution in [0.25, 0.3) is 5.69 Å². The van der Waals surface area contributed by atoms with Gasteiger partial charge in [-0.2, -0.15) is 5.10 Å². The molecule has 0 radical (unpaired) electrons. The van der Waals surface area contributed by atoms with Gasteiger partial charge in [-0.3, -0.25) is 4.79 Å². The van der Waals surface area contributed by atoms with E-state index in [0.29, 0.717) is 6.54 Å². The first-order valence-corrected chi connectivity index (χ1v) is 7.58. The third kappa shape index (κ3) is 3.36. The molecule has 3 rings (SSSR count). The zero-order valence-electron chi connectivity index (χ0n) is 13.1. The molecular weight excluding hydrogens is 348 g/mol. The van der Waals surface area contributed by atoms with Crippen molar-refractivity contribution in [3.63, 3.8) is 0 Å². The first kappa shape index (κ1) is 16.7. The van der Waals surface area contributed by atoms with E-state index in [4.69, 9.17) is 11.6 Å². The first-order chi connectivity index (χ1) is 12.0. The highest BCUT2D eigenvalue weighted by atomic mass is 35.5. The van der Waals surface area contributed by atoms with Gasteiger partial charge in [-0.25, -0.2) is 4.68 Å². The highest BCUT2D eigenvalue weighted by molar-refractivity contribution is 6.35. The van der Waals surface area contributed by atoms with Gasteiger partial charge in [0, 0.05) is 26.0 Å². The number of H-pyrrole nitrogens is 1. The van der Waals surface area contributed by atoms with Gasteiger partial charge in [0.15, 0.2) is 10.7 Å². The van der Waals surface area contributed by atoms with Crippen LogP contribution in [0.15, 0.2) is 42.7 Å². The number of hydrogen-bond acceptors (Lipinski definition) is 5. The zero-order chi connectivity index (χ0) is 18.0. The highest BCUT2D eigenvalue weighted by Crippen LogP contribution is 2.25. The number of carbonyl (C=O) groups is 1. The Balaban J connectivity index is 1.72. The fraction of sp³-hybridized carbons (Fsp3) is 0.133. The van der Waals surface area contributed by atoms with Crippen LogP contribution in [0.4, 0.5) is 5.82 Å². The average molecular weight is 361 g/mol. The molecule has 0 spiro atoms. The van der Waals surface area contributed by atoms with Gasteiger partial charge >= 0.3 is 5.82 Å². The molecule has 1 N–H and O–H groups in total. The third-order valence-corrected chi connectivity index (χ3v) is 3.90. The maximum atomic E-state index is 12.4. The van der Waals surface area contributed by atoms with Crippen molar-refractivity contribution in [3.8, 4) is 5.69 Å². The second-order valence-corrected chi connectivity index (χ2v) is 5.65.